The van der Waals surface area contributed by atoms with E-state index < -0.39 is 18.0 Å². The molecule has 0 aliphatic heterocycles. The Labute approximate surface area is 169 Å². The number of carbonyl (C=O) groups is 2. The molecule has 0 spiro atoms. The molecular weight excluding hydrogens is 364 g/mol. The predicted octanol–water partition coefficient (Wildman–Crippen LogP) is 4.63. The van der Waals surface area contributed by atoms with Gasteiger partial charge in [0.2, 0.25) is 0 Å². The summed E-state index contributed by atoms with van der Waals surface area (Å²) in [6.45, 7) is 3.41. The molecule has 0 bridgehead atoms. The van der Waals surface area contributed by atoms with E-state index in [-0.39, 0.29) is 5.57 Å². The first-order valence-corrected chi connectivity index (χ1v) is 9.15. The van der Waals surface area contributed by atoms with Crippen LogP contribution in [-0.4, -0.2) is 18.0 Å². The fraction of sp³-hybridized carbons (Fsp3) is 0.125. The van der Waals surface area contributed by atoms with Gasteiger partial charge in [0, 0.05) is 5.69 Å². The second-order valence-electron chi connectivity index (χ2n) is 6.68. The number of fused-ring (bicyclic) bond motifs is 1. The molecule has 0 fully saturated rings. The number of hydrogen-bond donors (Lipinski definition) is 1. The van der Waals surface area contributed by atoms with Crippen molar-refractivity contribution < 1.29 is 14.3 Å². The lowest BCUT2D eigenvalue weighted by molar-refractivity contribution is -0.148. The van der Waals surface area contributed by atoms with Gasteiger partial charge in [-0.25, -0.2) is 4.79 Å². The number of anilines is 1. The highest BCUT2D eigenvalue weighted by atomic mass is 16.5. The molecule has 3 aromatic carbocycles. The molecule has 1 amide bonds. The summed E-state index contributed by atoms with van der Waals surface area (Å²) in [5, 5.41) is 14.1. The third-order valence-electron chi connectivity index (χ3n) is 4.40. The third kappa shape index (κ3) is 5.08. The van der Waals surface area contributed by atoms with Crippen LogP contribution in [0.2, 0.25) is 0 Å². The summed E-state index contributed by atoms with van der Waals surface area (Å²) in [5.41, 5.74) is 2.21. The van der Waals surface area contributed by atoms with Crippen LogP contribution in [0, 0.1) is 18.3 Å². The lowest BCUT2D eigenvalue weighted by Gasteiger charge is -2.13. The highest BCUT2D eigenvalue weighted by Crippen LogP contribution is 2.19. The van der Waals surface area contributed by atoms with Crippen LogP contribution in [0.3, 0.4) is 0 Å². The van der Waals surface area contributed by atoms with E-state index in [9.17, 15) is 14.9 Å². The fourth-order valence-corrected chi connectivity index (χ4v) is 2.75. The van der Waals surface area contributed by atoms with Gasteiger partial charge in [0.1, 0.15) is 11.6 Å². The molecule has 0 heterocycles. The van der Waals surface area contributed by atoms with Crippen LogP contribution in [0.15, 0.2) is 72.3 Å². The zero-order chi connectivity index (χ0) is 20.8. The Hall–Kier alpha value is -3.91. The van der Waals surface area contributed by atoms with Gasteiger partial charge in [0.15, 0.2) is 6.10 Å². The SMILES string of the molecule is Cc1ccc(/C=C(\C#N)C(=O)O[C@H](C)C(=O)Nc2ccc3ccccc3c2)cc1. The van der Waals surface area contributed by atoms with Crippen molar-refractivity contribution in [2.75, 3.05) is 5.32 Å². The molecule has 3 rings (SSSR count). The first-order chi connectivity index (χ1) is 14.0. The van der Waals surface area contributed by atoms with Gasteiger partial charge in [0.05, 0.1) is 0 Å². The average Bonchev–Trinajstić information content (AvgIpc) is 2.73. The van der Waals surface area contributed by atoms with Crippen LogP contribution >= 0.6 is 0 Å². The quantitative estimate of drug-likeness (QED) is 0.395. The topological polar surface area (TPSA) is 79.2 Å². The van der Waals surface area contributed by atoms with Crippen LogP contribution in [0.4, 0.5) is 5.69 Å². The van der Waals surface area contributed by atoms with E-state index in [1.54, 1.807) is 18.2 Å². The Kier molecular flexibility index (Phi) is 6.06. The third-order valence-corrected chi connectivity index (χ3v) is 4.40. The number of aryl methyl sites for hydroxylation is 1. The summed E-state index contributed by atoms with van der Waals surface area (Å²) >= 11 is 0. The van der Waals surface area contributed by atoms with Gasteiger partial charge in [-0.15, -0.1) is 0 Å². The van der Waals surface area contributed by atoms with Gasteiger partial charge in [0.25, 0.3) is 5.91 Å². The van der Waals surface area contributed by atoms with Crippen LogP contribution in [0.1, 0.15) is 18.1 Å². The number of nitrogens with zero attached hydrogens (tertiary/aromatic N) is 1. The van der Waals surface area contributed by atoms with Crippen LogP contribution in [-0.2, 0) is 14.3 Å². The number of hydrogen-bond acceptors (Lipinski definition) is 4. The van der Waals surface area contributed by atoms with Crippen LogP contribution in [0.25, 0.3) is 16.8 Å². The lowest BCUT2D eigenvalue weighted by atomic mass is 10.1. The number of esters is 1. The summed E-state index contributed by atoms with van der Waals surface area (Å²) in [7, 11) is 0. The molecule has 0 aromatic heterocycles. The molecule has 0 saturated heterocycles. The molecule has 1 atom stereocenters. The van der Waals surface area contributed by atoms with E-state index in [2.05, 4.69) is 5.32 Å². The monoisotopic (exact) mass is 384 g/mol. The summed E-state index contributed by atoms with van der Waals surface area (Å²) in [4.78, 5) is 24.7. The highest BCUT2D eigenvalue weighted by Gasteiger charge is 2.20. The first-order valence-electron chi connectivity index (χ1n) is 9.15. The van der Waals surface area contributed by atoms with E-state index in [4.69, 9.17) is 4.74 Å². The number of nitriles is 1. The van der Waals surface area contributed by atoms with Gasteiger partial charge in [-0.3, -0.25) is 4.79 Å². The van der Waals surface area contributed by atoms with Crippen molar-refractivity contribution in [2.45, 2.75) is 20.0 Å². The molecule has 144 valence electrons. The minimum Gasteiger partial charge on any atom is -0.448 e. The van der Waals surface area contributed by atoms with Crippen molar-refractivity contribution in [3.8, 4) is 6.07 Å². The zero-order valence-corrected chi connectivity index (χ0v) is 16.2. The van der Waals surface area contributed by atoms with Crippen molar-refractivity contribution in [3.63, 3.8) is 0 Å². The van der Waals surface area contributed by atoms with Gasteiger partial charge < -0.3 is 10.1 Å². The van der Waals surface area contributed by atoms with E-state index in [0.29, 0.717) is 11.3 Å². The average molecular weight is 384 g/mol. The maximum Gasteiger partial charge on any atom is 0.349 e. The van der Waals surface area contributed by atoms with Crippen LogP contribution in [0.5, 0.6) is 0 Å². The molecule has 5 nitrogen and oxygen atoms in total. The lowest BCUT2D eigenvalue weighted by Crippen LogP contribution is -2.30. The Morgan fingerprint density at radius 2 is 1.72 bits per heavy atom. The van der Waals surface area contributed by atoms with Crippen molar-refractivity contribution in [3.05, 3.63) is 83.4 Å². The first kappa shape index (κ1) is 19.8. The summed E-state index contributed by atoms with van der Waals surface area (Å²) in [6, 6.07) is 22.5. The molecule has 3 aromatic rings. The summed E-state index contributed by atoms with van der Waals surface area (Å²) in [6.07, 6.45) is 0.388. The standard InChI is InChI=1S/C24H20N2O3/c1-16-7-9-18(10-8-16)13-21(15-25)24(28)29-17(2)23(27)26-22-12-11-19-5-3-4-6-20(19)14-22/h3-14,17H,1-2H3,(H,26,27)/b21-13+/t17-/m1/s1. The molecule has 1 N–H and O–H groups in total. The van der Waals surface area contributed by atoms with Crippen molar-refractivity contribution in [2.24, 2.45) is 0 Å². The molecule has 0 saturated carbocycles. The van der Waals surface area contributed by atoms with Crippen molar-refractivity contribution in [1.82, 2.24) is 0 Å². The van der Waals surface area contributed by atoms with E-state index in [0.717, 1.165) is 16.3 Å². The fourth-order valence-electron chi connectivity index (χ4n) is 2.75. The minimum absolute atomic E-state index is 0.167. The number of carbonyl (C=O) groups excluding carboxylic acids is 2. The number of benzene rings is 3. The number of rotatable bonds is 5. The molecule has 0 aliphatic carbocycles. The molecule has 0 radical (unpaired) electrons. The van der Waals surface area contributed by atoms with E-state index in [1.165, 1.54) is 13.0 Å². The Morgan fingerprint density at radius 3 is 2.41 bits per heavy atom. The van der Waals surface area contributed by atoms with Gasteiger partial charge in [-0.2, -0.15) is 5.26 Å². The Morgan fingerprint density at radius 1 is 1.03 bits per heavy atom. The van der Waals surface area contributed by atoms with Crippen molar-refractivity contribution >= 4 is 34.4 Å². The molecule has 0 unspecified atom stereocenters. The largest absolute Gasteiger partial charge is 0.448 e. The van der Waals surface area contributed by atoms with Gasteiger partial charge in [-0.05, 0) is 48.4 Å². The number of nitrogens with one attached hydrogen (secondary N) is 1. The summed E-state index contributed by atoms with van der Waals surface area (Å²) in [5.74, 6) is -1.31. The Bertz CT molecular complexity index is 1120. The van der Waals surface area contributed by atoms with E-state index in [1.807, 2.05) is 61.5 Å². The van der Waals surface area contributed by atoms with E-state index >= 15 is 0 Å². The van der Waals surface area contributed by atoms with Crippen molar-refractivity contribution in [1.29, 1.82) is 5.26 Å². The molecule has 0 aliphatic rings. The highest BCUT2D eigenvalue weighted by molar-refractivity contribution is 6.01. The molecular formula is C24H20N2O3. The smallest absolute Gasteiger partial charge is 0.349 e. The Balaban J connectivity index is 1.66. The number of amides is 1. The molecule has 5 heteroatoms. The molecule has 29 heavy (non-hydrogen) atoms. The predicted molar refractivity (Wildman–Crippen MR) is 113 cm³/mol. The minimum atomic E-state index is -1.05. The van der Waals surface area contributed by atoms with Gasteiger partial charge >= 0.3 is 5.97 Å². The maximum absolute atomic E-state index is 12.4. The maximum atomic E-state index is 12.4. The zero-order valence-electron chi connectivity index (χ0n) is 16.2. The normalized spacial score (nSPS) is 12.1. The van der Waals surface area contributed by atoms with Crippen LogP contribution < -0.4 is 5.32 Å². The second-order valence-corrected chi connectivity index (χ2v) is 6.68. The number of ether oxygens (including phenoxy) is 1. The second kappa shape index (κ2) is 8.85. The summed E-state index contributed by atoms with van der Waals surface area (Å²) < 4.78 is 5.18. The van der Waals surface area contributed by atoms with Gasteiger partial charge in [-0.1, -0.05) is 60.2 Å².